The van der Waals surface area contributed by atoms with Gasteiger partial charge < -0.3 is 20.7 Å². The number of hydrogen-bond donors (Lipinski definition) is 3. The Kier molecular flexibility index (Phi) is 9.52. The Morgan fingerprint density at radius 3 is 2.28 bits per heavy atom. The quantitative estimate of drug-likeness (QED) is 0.315. The smallest absolute Gasteiger partial charge is 0.325 e. The van der Waals surface area contributed by atoms with Crippen LogP contribution in [0.4, 0.5) is 4.79 Å². The van der Waals surface area contributed by atoms with E-state index in [9.17, 15) is 9.59 Å². The van der Waals surface area contributed by atoms with Crippen LogP contribution in [0.1, 0.15) is 84.5 Å². The standard InChI is InChI=1S/C29H46N4O3/c1-4-6-13-27(32-29(35)30-19-28(34)36-5-2)20(3)31-23-17-24-11-8-12-25(18-23)33(24)26-15-21-9-7-10-22(14-21)16-26/h4,6,13,21-26,31H,1,5,7-12,14-19H2,2-3H3,(H2,30,32,35)/b13-6-,27-20-/t21-,22+,23-,24+,25-,26+. The van der Waals surface area contributed by atoms with Gasteiger partial charge in [0, 0.05) is 29.9 Å². The maximum atomic E-state index is 12.4. The van der Waals surface area contributed by atoms with Gasteiger partial charge in [-0.25, -0.2) is 4.79 Å². The Labute approximate surface area is 217 Å². The highest BCUT2D eigenvalue weighted by Crippen LogP contribution is 2.45. The van der Waals surface area contributed by atoms with Crippen LogP contribution in [0.25, 0.3) is 0 Å². The zero-order valence-electron chi connectivity index (χ0n) is 22.3. The Morgan fingerprint density at radius 1 is 0.972 bits per heavy atom. The summed E-state index contributed by atoms with van der Waals surface area (Å²) in [4.78, 5) is 27.0. The molecule has 0 aromatic heterocycles. The van der Waals surface area contributed by atoms with E-state index in [-0.39, 0.29) is 6.54 Å². The first-order valence-electron chi connectivity index (χ1n) is 14.2. The summed E-state index contributed by atoms with van der Waals surface area (Å²) >= 11 is 0. The van der Waals surface area contributed by atoms with Crippen LogP contribution >= 0.6 is 0 Å². The third-order valence-corrected chi connectivity index (χ3v) is 8.73. The van der Waals surface area contributed by atoms with Crippen molar-refractivity contribution in [2.24, 2.45) is 11.8 Å². The van der Waals surface area contributed by atoms with Crippen LogP contribution < -0.4 is 16.0 Å². The minimum Gasteiger partial charge on any atom is -0.465 e. The van der Waals surface area contributed by atoms with Gasteiger partial charge >= 0.3 is 12.0 Å². The number of nitrogens with zero attached hydrogens (tertiary/aromatic N) is 1. The summed E-state index contributed by atoms with van der Waals surface area (Å²) in [5, 5.41) is 9.20. The minimum atomic E-state index is -0.449. The van der Waals surface area contributed by atoms with Crippen LogP contribution in [0.2, 0.25) is 0 Å². The average molecular weight is 499 g/mol. The molecule has 7 nitrogen and oxygen atoms in total. The van der Waals surface area contributed by atoms with Crippen molar-refractivity contribution in [2.45, 2.75) is 109 Å². The van der Waals surface area contributed by atoms with Gasteiger partial charge in [0.05, 0.1) is 12.3 Å². The predicted octanol–water partition coefficient (Wildman–Crippen LogP) is 4.77. The maximum absolute atomic E-state index is 12.4. The topological polar surface area (TPSA) is 82.7 Å². The van der Waals surface area contributed by atoms with Crippen molar-refractivity contribution in [1.82, 2.24) is 20.9 Å². The molecule has 7 heteroatoms. The molecule has 2 saturated carbocycles. The van der Waals surface area contributed by atoms with E-state index < -0.39 is 12.0 Å². The molecule has 2 aliphatic heterocycles. The van der Waals surface area contributed by atoms with Crippen molar-refractivity contribution in [3.63, 3.8) is 0 Å². The molecular weight excluding hydrogens is 452 g/mol. The number of ether oxygens (including phenoxy) is 1. The van der Waals surface area contributed by atoms with Gasteiger partial charge in [-0.3, -0.25) is 9.69 Å². The van der Waals surface area contributed by atoms with E-state index in [1.165, 1.54) is 57.8 Å². The van der Waals surface area contributed by atoms with Crippen molar-refractivity contribution in [1.29, 1.82) is 0 Å². The Morgan fingerprint density at radius 2 is 1.64 bits per heavy atom. The number of allylic oxidation sites excluding steroid dienone is 4. The van der Waals surface area contributed by atoms with Gasteiger partial charge in [-0.2, -0.15) is 0 Å². The van der Waals surface area contributed by atoms with E-state index in [1.54, 1.807) is 13.0 Å². The molecule has 0 radical (unpaired) electrons. The third-order valence-electron chi connectivity index (χ3n) is 8.73. The van der Waals surface area contributed by atoms with Gasteiger partial charge in [0.15, 0.2) is 0 Å². The summed E-state index contributed by atoms with van der Waals surface area (Å²) in [7, 11) is 0. The first-order chi connectivity index (χ1) is 17.5. The maximum Gasteiger partial charge on any atom is 0.325 e. The number of hydrogen-bond acceptors (Lipinski definition) is 5. The molecule has 4 fully saturated rings. The molecule has 2 aliphatic carbocycles. The van der Waals surface area contributed by atoms with E-state index >= 15 is 0 Å². The molecule has 4 aliphatic rings. The molecule has 2 amide bonds. The summed E-state index contributed by atoms with van der Waals surface area (Å²) in [6.45, 7) is 7.65. The van der Waals surface area contributed by atoms with Crippen molar-refractivity contribution < 1.29 is 14.3 Å². The van der Waals surface area contributed by atoms with Gasteiger partial charge in [0.1, 0.15) is 6.54 Å². The fraction of sp³-hybridized carbons (Fsp3) is 0.724. The van der Waals surface area contributed by atoms with E-state index in [2.05, 4.69) is 27.4 Å². The first kappa shape index (κ1) is 26.8. The number of urea groups is 1. The van der Waals surface area contributed by atoms with Crippen LogP contribution in [0.3, 0.4) is 0 Å². The zero-order valence-corrected chi connectivity index (χ0v) is 22.3. The number of amides is 2. The van der Waals surface area contributed by atoms with Crippen molar-refractivity contribution >= 4 is 12.0 Å². The molecular formula is C29H46N4O3. The van der Waals surface area contributed by atoms with Crippen LogP contribution in [-0.2, 0) is 9.53 Å². The van der Waals surface area contributed by atoms with Crippen LogP contribution in [0.5, 0.6) is 0 Å². The first-order valence-corrected chi connectivity index (χ1v) is 14.2. The monoisotopic (exact) mass is 498 g/mol. The number of fused-ring (bicyclic) bond motifs is 4. The summed E-state index contributed by atoms with van der Waals surface area (Å²) in [5.41, 5.74) is 1.62. The predicted molar refractivity (Wildman–Crippen MR) is 143 cm³/mol. The normalized spacial score (nSPS) is 32.8. The molecule has 200 valence electrons. The SMILES string of the molecule is C=C/C=C\C(NC(=O)NCC(=O)OCC)=C(/C)N[C@H]1C[C@H]2CCC[C@@H](C1)N2[C@H]1C[C@@H]2CCC[C@@H](C2)C1. The van der Waals surface area contributed by atoms with Crippen molar-refractivity contribution in [3.8, 4) is 0 Å². The largest absolute Gasteiger partial charge is 0.465 e. The number of piperidine rings is 2. The second kappa shape index (κ2) is 12.8. The summed E-state index contributed by atoms with van der Waals surface area (Å²) in [6.07, 6.45) is 20.3. The minimum absolute atomic E-state index is 0.157. The lowest BCUT2D eigenvalue weighted by atomic mass is 9.68. The number of nitrogens with one attached hydrogen (secondary N) is 3. The lowest BCUT2D eigenvalue weighted by molar-refractivity contribution is -0.141. The van der Waals surface area contributed by atoms with E-state index in [4.69, 9.17) is 4.74 Å². The molecule has 3 N–H and O–H groups in total. The Hall–Kier alpha value is -2.28. The van der Waals surface area contributed by atoms with Gasteiger partial charge in [0.25, 0.3) is 0 Å². The fourth-order valence-electron chi connectivity index (χ4n) is 7.41. The lowest BCUT2D eigenvalue weighted by Gasteiger charge is -2.55. The molecule has 36 heavy (non-hydrogen) atoms. The molecule has 4 bridgehead atoms. The molecule has 2 saturated heterocycles. The molecule has 0 aromatic carbocycles. The highest BCUT2D eigenvalue weighted by Gasteiger charge is 2.44. The van der Waals surface area contributed by atoms with Gasteiger partial charge in [-0.1, -0.05) is 44.4 Å². The Bertz CT molecular complexity index is 827. The van der Waals surface area contributed by atoms with Crippen molar-refractivity contribution in [2.75, 3.05) is 13.2 Å². The molecule has 6 atom stereocenters. The van der Waals surface area contributed by atoms with E-state index in [1.807, 2.05) is 19.1 Å². The van der Waals surface area contributed by atoms with Gasteiger partial charge in [0.2, 0.25) is 0 Å². The van der Waals surface area contributed by atoms with Crippen molar-refractivity contribution in [3.05, 3.63) is 36.2 Å². The highest BCUT2D eigenvalue weighted by atomic mass is 16.5. The summed E-state index contributed by atoms with van der Waals surface area (Å²) in [5.74, 6) is 1.48. The lowest BCUT2D eigenvalue weighted by Crippen LogP contribution is -2.60. The number of rotatable bonds is 9. The molecule has 2 heterocycles. The second-order valence-electron chi connectivity index (χ2n) is 11.3. The van der Waals surface area contributed by atoms with Crippen LogP contribution in [-0.4, -0.2) is 54.2 Å². The molecule has 0 unspecified atom stereocenters. The number of carbonyl (C=O) groups is 2. The van der Waals surface area contributed by atoms with Gasteiger partial charge in [-0.05, 0) is 76.7 Å². The molecule has 4 rings (SSSR count). The van der Waals surface area contributed by atoms with Crippen LogP contribution in [0, 0.1) is 11.8 Å². The number of carbonyl (C=O) groups excluding carboxylic acids is 2. The molecule has 0 spiro atoms. The summed E-state index contributed by atoms with van der Waals surface area (Å²) in [6, 6.07) is 2.09. The summed E-state index contributed by atoms with van der Waals surface area (Å²) < 4.78 is 4.88. The third kappa shape index (κ3) is 6.93. The fourth-order valence-corrected chi connectivity index (χ4v) is 7.41. The zero-order chi connectivity index (χ0) is 25.5. The van der Waals surface area contributed by atoms with Gasteiger partial charge in [-0.15, -0.1) is 0 Å². The molecule has 0 aromatic rings. The van der Waals surface area contributed by atoms with Crippen LogP contribution in [0.15, 0.2) is 36.2 Å². The number of esters is 1. The second-order valence-corrected chi connectivity index (χ2v) is 11.3. The highest BCUT2D eigenvalue weighted by molar-refractivity contribution is 5.82. The van der Waals surface area contributed by atoms with E-state index in [0.29, 0.717) is 30.4 Å². The average Bonchev–Trinajstić information content (AvgIpc) is 2.84. The Balaban J connectivity index is 1.38. The van der Waals surface area contributed by atoms with E-state index in [0.717, 1.165) is 36.4 Å².